The molecule has 0 amide bonds. The Balaban J connectivity index is 2.26. The van der Waals surface area contributed by atoms with E-state index in [-0.39, 0.29) is 12.5 Å². The Morgan fingerprint density at radius 2 is 2.05 bits per heavy atom. The fraction of sp³-hybridized carbons (Fsp3) is 0.714. The third kappa shape index (κ3) is 3.12. The minimum atomic E-state index is -4.40. The van der Waals surface area contributed by atoms with E-state index in [0.717, 1.165) is 4.68 Å². The highest BCUT2D eigenvalue weighted by molar-refractivity contribution is 5.83. The number of ether oxygens (including phenoxy) is 1. The molecule has 1 aromatic heterocycles. The Bertz CT molecular complexity index is 537. The molecular weight excluding hydrogens is 285 g/mol. The van der Waals surface area contributed by atoms with Crippen LogP contribution in [0.1, 0.15) is 36.5 Å². The normalized spacial score (nSPS) is 26.0. The lowest BCUT2D eigenvalue weighted by molar-refractivity contribution is -0.242. The van der Waals surface area contributed by atoms with E-state index in [4.69, 9.17) is 4.74 Å². The largest absolute Gasteiger partial charge is 0.392 e. The molecule has 1 aromatic rings. The summed E-state index contributed by atoms with van der Waals surface area (Å²) in [7, 11) is 0. The number of hydrogen-bond acceptors (Lipinski definition) is 3. The van der Waals surface area contributed by atoms with Crippen LogP contribution in [0.2, 0.25) is 0 Å². The summed E-state index contributed by atoms with van der Waals surface area (Å²) in [6.07, 6.45) is -5.49. The number of aromatic nitrogens is 2. The predicted octanol–water partition coefficient (Wildman–Crippen LogP) is 3.13. The van der Waals surface area contributed by atoms with E-state index in [2.05, 4.69) is 5.10 Å². The van der Waals surface area contributed by atoms with Gasteiger partial charge in [0.2, 0.25) is 0 Å². The number of halogens is 3. The summed E-state index contributed by atoms with van der Waals surface area (Å²) in [5.74, 6) is -3.51. The molecule has 0 unspecified atom stereocenters. The zero-order chi connectivity index (χ0) is 15.9. The summed E-state index contributed by atoms with van der Waals surface area (Å²) in [6, 6.07) is 1.66. The lowest BCUT2D eigenvalue weighted by Gasteiger charge is -2.44. The molecule has 0 N–H and O–H groups in total. The summed E-state index contributed by atoms with van der Waals surface area (Å²) in [5.41, 5.74) is 1.14. The molecular formula is C14H19F3N2O2. The Morgan fingerprint density at radius 3 is 2.48 bits per heavy atom. The summed E-state index contributed by atoms with van der Waals surface area (Å²) in [4.78, 5) is 12.4. The second-order valence-corrected chi connectivity index (χ2v) is 5.81. The smallest absolute Gasteiger partial charge is 0.375 e. The fourth-order valence-corrected chi connectivity index (χ4v) is 2.76. The molecule has 1 heterocycles. The third-order valence-corrected chi connectivity index (χ3v) is 3.69. The standard InChI is InChI=1S/C14H19F3N2O2/c1-7(2)21-11-6-10(14(15,16)17)12(11)13(20)19-9(4)5-8(3)18-19/h5,7,10-12H,6H2,1-4H3/t10-,11+,12+/m1/s1. The van der Waals surface area contributed by atoms with Crippen molar-refractivity contribution in [3.05, 3.63) is 17.5 Å². The van der Waals surface area contributed by atoms with Crippen LogP contribution in [0.25, 0.3) is 0 Å². The summed E-state index contributed by atoms with van der Waals surface area (Å²) in [6.45, 7) is 6.83. The molecule has 118 valence electrons. The first kappa shape index (κ1) is 16.0. The monoisotopic (exact) mass is 304 g/mol. The van der Waals surface area contributed by atoms with Crippen LogP contribution < -0.4 is 0 Å². The molecule has 3 atom stereocenters. The van der Waals surface area contributed by atoms with Gasteiger partial charge in [0.25, 0.3) is 5.91 Å². The third-order valence-electron chi connectivity index (χ3n) is 3.69. The van der Waals surface area contributed by atoms with Crippen molar-refractivity contribution in [3.63, 3.8) is 0 Å². The number of rotatable bonds is 3. The van der Waals surface area contributed by atoms with E-state index in [0.29, 0.717) is 11.4 Å². The zero-order valence-corrected chi connectivity index (χ0v) is 12.4. The molecule has 1 aliphatic carbocycles. The molecule has 21 heavy (non-hydrogen) atoms. The quantitative estimate of drug-likeness (QED) is 0.861. The van der Waals surface area contributed by atoms with Gasteiger partial charge in [-0.1, -0.05) is 0 Å². The highest BCUT2D eigenvalue weighted by Gasteiger charge is 2.59. The van der Waals surface area contributed by atoms with E-state index in [1.807, 2.05) is 0 Å². The first-order valence-electron chi connectivity index (χ1n) is 6.91. The van der Waals surface area contributed by atoms with Gasteiger partial charge in [-0.15, -0.1) is 0 Å². The number of alkyl halides is 3. The molecule has 4 nitrogen and oxygen atoms in total. The SMILES string of the molecule is Cc1cc(C)n(C(=O)[C@@H]2[C@@H](OC(C)C)C[C@H]2C(F)(F)F)n1. The maximum atomic E-state index is 13.0. The maximum absolute atomic E-state index is 13.0. The zero-order valence-electron chi connectivity index (χ0n) is 12.4. The number of aryl methyl sites for hydroxylation is 2. The van der Waals surface area contributed by atoms with Gasteiger partial charge in [-0.25, -0.2) is 4.68 Å². The van der Waals surface area contributed by atoms with Crippen LogP contribution in [-0.2, 0) is 4.74 Å². The van der Waals surface area contributed by atoms with Crippen molar-refractivity contribution in [1.82, 2.24) is 9.78 Å². The average Bonchev–Trinajstić information content (AvgIpc) is 2.61. The minimum Gasteiger partial charge on any atom is -0.375 e. The second kappa shape index (κ2) is 5.44. The van der Waals surface area contributed by atoms with Gasteiger partial charge in [0.1, 0.15) is 0 Å². The fourth-order valence-electron chi connectivity index (χ4n) is 2.76. The van der Waals surface area contributed by atoms with Crippen LogP contribution in [0.15, 0.2) is 6.07 Å². The summed E-state index contributed by atoms with van der Waals surface area (Å²) in [5, 5.41) is 3.99. The van der Waals surface area contributed by atoms with Crippen LogP contribution in [0.3, 0.4) is 0 Å². The number of carbonyl (C=O) groups is 1. The van der Waals surface area contributed by atoms with Crippen molar-refractivity contribution in [2.24, 2.45) is 11.8 Å². The van der Waals surface area contributed by atoms with Crippen molar-refractivity contribution < 1.29 is 22.7 Å². The number of nitrogens with zero attached hydrogens (tertiary/aromatic N) is 2. The van der Waals surface area contributed by atoms with Crippen molar-refractivity contribution >= 4 is 5.91 Å². The van der Waals surface area contributed by atoms with Gasteiger partial charge < -0.3 is 4.74 Å². The van der Waals surface area contributed by atoms with Gasteiger partial charge in [-0.2, -0.15) is 18.3 Å². The van der Waals surface area contributed by atoms with E-state index in [1.54, 1.807) is 33.8 Å². The molecule has 0 aromatic carbocycles. The van der Waals surface area contributed by atoms with Crippen molar-refractivity contribution in [3.8, 4) is 0 Å². The van der Waals surface area contributed by atoms with Crippen LogP contribution in [-0.4, -0.2) is 34.1 Å². The molecule has 0 radical (unpaired) electrons. The van der Waals surface area contributed by atoms with E-state index in [1.165, 1.54) is 0 Å². The van der Waals surface area contributed by atoms with E-state index in [9.17, 15) is 18.0 Å². The molecule has 7 heteroatoms. The lowest BCUT2D eigenvalue weighted by atomic mass is 9.69. The molecule has 0 spiro atoms. The first-order valence-corrected chi connectivity index (χ1v) is 6.91. The van der Waals surface area contributed by atoms with Gasteiger partial charge in [0.05, 0.1) is 29.7 Å². The average molecular weight is 304 g/mol. The van der Waals surface area contributed by atoms with Crippen LogP contribution >= 0.6 is 0 Å². The molecule has 2 rings (SSSR count). The number of carbonyl (C=O) groups excluding carboxylic acids is 1. The first-order chi connectivity index (χ1) is 9.61. The predicted molar refractivity (Wildman–Crippen MR) is 70.0 cm³/mol. The molecule has 0 bridgehead atoms. The Morgan fingerprint density at radius 1 is 1.43 bits per heavy atom. The Hall–Kier alpha value is -1.37. The number of hydrogen-bond donors (Lipinski definition) is 0. The second-order valence-electron chi connectivity index (χ2n) is 5.81. The van der Waals surface area contributed by atoms with E-state index >= 15 is 0 Å². The van der Waals surface area contributed by atoms with E-state index < -0.39 is 30.0 Å². The molecule has 1 saturated carbocycles. The van der Waals surface area contributed by atoms with Crippen LogP contribution in [0.5, 0.6) is 0 Å². The molecule has 1 aliphatic rings. The van der Waals surface area contributed by atoms with Gasteiger partial charge in [0.15, 0.2) is 0 Å². The minimum absolute atomic E-state index is 0.169. The highest BCUT2D eigenvalue weighted by Crippen LogP contribution is 2.48. The van der Waals surface area contributed by atoms with Crippen LogP contribution in [0, 0.1) is 25.7 Å². The lowest BCUT2D eigenvalue weighted by Crippen LogP contribution is -2.55. The van der Waals surface area contributed by atoms with Gasteiger partial charge >= 0.3 is 6.18 Å². The van der Waals surface area contributed by atoms with Gasteiger partial charge in [-0.05, 0) is 40.2 Å². The summed E-state index contributed by atoms with van der Waals surface area (Å²) >= 11 is 0. The van der Waals surface area contributed by atoms with Gasteiger partial charge in [-0.3, -0.25) is 4.79 Å². The van der Waals surface area contributed by atoms with Crippen molar-refractivity contribution in [2.75, 3.05) is 0 Å². The van der Waals surface area contributed by atoms with Gasteiger partial charge in [0, 0.05) is 5.69 Å². The maximum Gasteiger partial charge on any atom is 0.392 e. The highest BCUT2D eigenvalue weighted by atomic mass is 19.4. The van der Waals surface area contributed by atoms with Crippen molar-refractivity contribution in [2.45, 2.75) is 52.5 Å². The Labute approximate surface area is 121 Å². The Kier molecular flexibility index (Phi) is 4.15. The topological polar surface area (TPSA) is 44.1 Å². The van der Waals surface area contributed by atoms with Crippen molar-refractivity contribution in [1.29, 1.82) is 0 Å². The summed E-state index contributed by atoms with van der Waals surface area (Å²) < 4.78 is 45.5. The molecule has 0 aliphatic heterocycles. The molecule has 1 fully saturated rings. The van der Waals surface area contributed by atoms with Crippen LogP contribution in [0.4, 0.5) is 13.2 Å². The molecule has 0 saturated heterocycles.